The minimum Gasteiger partial charge on any atom is -0.451 e. The van der Waals surface area contributed by atoms with Gasteiger partial charge in [0.15, 0.2) is 15.6 Å². The number of carbonyl (C=O) groups excluding carboxylic acids is 1. The lowest BCUT2D eigenvalue weighted by Gasteiger charge is -2.22. The fourth-order valence-electron chi connectivity index (χ4n) is 2.57. The Kier molecular flexibility index (Phi) is 3.36. The summed E-state index contributed by atoms with van der Waals surface area (Å²) in [5.74, 6) is -0.0414. The Bertz CT molecular complexity index is 794. The monoisotopic (exact) mass is 308 g/mol. The predicted molar refractivity (Wildman–Crippen MR) is 79.8 cm³/mol. The van der Waals surface area contributed by atoms with Crippen molar-refractivity contribution in [3.05, 3.63) is 30.0 Å². The highest BCUT2D eigenvalue weighted by atomic mass is 32.2. The highest BCUT2D eigenvalue weighted by Crippen LogP contribution is 2.22. The van der Waals surface area contributed by atoms with Crippen LogP contribution in [0.3, 0.4) is 0 Å². The number of nitrogens with two attached hydrogens (primary N) is 1. The minimum atomic E-state index is -3.05. The van der Waals surface area contributed by atoms with Crippen molar-refractivity contribution in [1.82, 2.24) is 5.32 Å². The number of amides is 1. The Labute approximate surface area is 122 Å². The van der Waals surface area contributed by atoms with Gasteiger partial charge in [-0.2, -0.15) is 0 Å². The van der Waals surface area contributed by atoms with E-state index in [1.807, 2.05) is 0 Å². The van der Waals surface area contributed by atoms with Gasteiger partial charge in [0, 0.05) is 17.1 Å². The van der Waals surface area contributed by atoms with Gasteiger partial charge in [0.2, 0.25) is 0 Å². The summed E-state index contributed by atoms with van der Waals surface area (Å²) in [6, 6.07) is 6.38. The van der Waals surface area contributed by atoms with Crippen LogP contribution >= 0.6 is 0 Å². The van der Waals surface area contributed by atoms with Gasteiger partial charge in [-0.1, -0.05) is 0 Å². The summed E-state index contributed by atoms with van der Waals surface area (Å²) in [5.41, 5.74) is 6.85. The van der Waals surface area contributed by atoms with Crippen molar-refractivity contribution in [3.63, 3.8) is 0 Å². The molecule has 0 bridgehead atoms. The van der Waals surface area contributed by atoms with Crippen molar-refractivity contribution in [3.8, 4) is 0 Å². The maximum absolute atomic E-state index is 12.1. The second-order valence-electron chi connectivity index (χ2n) is 5.33. The average Bonchev–Trinajstić information content (AvgIpc) is 2.80. The van der Waals surface area contributed by atoms with Gasteiger partial charge in [0.25, 0.3) is 5.91 Å². The Morgan fingerprint density at radius 2 is 2.14 bits per heavy atom. The molecule has 1 aliphatic heterocycles. The molecule has 1 fully saturated rings. The number of hydrogen-bond acceptors (Lipinski definition) is 5. The molecule has 1 unspecified atom stereocenters. The molecule has 6 nitrogen and oxygen atoms in total. The summed E-state index contributed by atoms with van der Waals surface area (Å²) in [5, 5.41) is 3.47. The van der Waals surface area contributed by atoms with E-state index in [-0.39, 0.29) is 23.3 Å². The number of anilines is 1. The molecule has 2 aromatic rings. The largest absolute Gasteiger partial charge is 0.451 e. The van der Waals surface area contributed by atoms with Gasteiger partial charge in [-0.3, -0.25) is 4.79 Å². The smallest absolute Gasteiger partial charge is 0.287 e. The zero-order chi connectivity index (χ0) is 15.0. The molecule has 1 atom stereocenters. The van der Waals surface area contributed by atoms with E-state index in [1.54, 1.807) is 24.3 Å². The fraction of sp³-hybridized carbons (Fsp3) is 0.357. The first-order valence-corrected chi connectivity index (χ1v) is 8.55. The molecular formula is C14H16N2O4S. The molecule has 3 rings (SSSR count). The number of carbonyl (C=O) groups is 1. The summed E-state index contributed by atoms with van der Waals surface area (Å²) >= 11 is 0. The molecule has 1 amide bonds. The number of fused-ring (bicyclic) bond motifs is 1. The Balaban J connectivity index is 1.77. The topological polar surface area (TPSA) is 102 Å². The van der Waals surface area contributed by atoms with Crippen LogP contribution in [0.1, 0.15) is 23.4 Å². The van der Waals surface area contributed by atoms with Gasteiger partial charge in [0.1, 0.15) is 5.58 Å². The molecule has 0 radical (unpaired) electrons. The van der Waals surface area contributed by atoms with E-state index >= 15 is 0 Å². The van der Waals surface area contributed by atoms with E-state index < -0.39 is 15.7 Å². The third-order valence-electron chi connectivity index (χ3n) is 3.56. The molecule has 0 aliphatic carbocycles. The van der Waals surface area contributed by atoms with Crippen molar-refractivity contribution in [2.24, 2.45) is 0 Å². The molecule has 2 heterocycles. The highest BCUT2D eigenvalue weighted by Gasteiger charge is 2.27. The molecule has 3 N–H and O–H groups in total. The van der Waals surface area contributed by atoms with Crippen molar-refractivity contribution in [1.29, 1.82) is 0 Å². The first-order valence-electron chi connectivity index (χ1n) is 6.73. The van der Waals surface area contributed by atoms with E-state index in [0.717, 1.165) is 5.39 Å². The van der Waals surface area contributed by atoms with Gasteiger partial charge in [-0.25, -0.2) is 8.42 Å². The molecule has 0 spiro atoms. The molecule has 21 heavy (non-hydrogen) atoms. The van der Waals surface area contributed by atoms with Gasteiger partial charge in [-0.15, -0.1) is 0 Å². The van der Waals surface area contributed by atoms with Crippen molar-refractivity contribution in [2.75, 3.05) is 17.2 Å². The summed E-state index contributed by atoms with van der Waals surface area (Å²) in [6.45, 7) is 0. The summed E-state index contributed by atoms with van der Waals surface area (Å²) < 4.78 is 28.6. The summed E-state index contributed by atoms with van der Waals surface area (Å²) in [7, 11) is -3.05. The second kappa shape index (κ2) is 5.07. The lowest BCUT2D eigenvalue weighted by molar-refractivity contribution is 0.0912. The number of rotatable bonds is 2. The van der Waals surface area contributed by atoms with Crippen molar-refractivity contribution >= 4 is 32.4 Å². The number of hydrogen-bond donors (Lipinski definition) is 2. The maximum atomic E-state index is 12.1. The lowest BCUT2D eigenvalue weighted by atomic mass is 10.2. The third-order valence-corrected chi connectivity index (χ3v) is 5.38. The Morgan fingerprint density at radius 1 is 1.33 bits per heavy atom. The predicted octanol–water partition coefficient (Wildman–Crippen LogP) is 1.32. The van der Waals surface area contributed by atoms with Gasteiger partial charge >= 0.3 is 0 Å². The molecule has 1 aromatic carbocycles. The number of sulfone groups is 1. The van der Waals surface area contributed by atoms with Crippen LogP contribution in [-0.2, 0) is 9.84 Å². The van der Waals surface area contributed by atoms with Crippen LogP contribution in [0.2, 0.25) is 0 Å². The van der Waals surface area contributed by atoms with Crippen LogP contribution in [0.25, 0.3) is 11.0 Å². The van der Waals surface area contributed by atoms with Crippen LogP contribution < -0.4 is 11.1 Å². The number of nitrogens with one attached hydrogen (secondary N) is 1. The molecule has 0 saturated carbocycles. The first kappa shape index (κ1) is 13.9. The Morgan fingerprint density at radius 3 is 2.90 bits per heavy atom. The van der Waals surface area contributed by atoms with Crippen LogP contribution in [0.15, 0.2) is 28.7 Å². The number of nitrogen functional groups attached to an aromatic ring is 1. The zero-order valence-electron chi connectivity index (χ0n) is 11.3. The van der Waals surface area contributed by atoms with Crippen LogP contribution in [-0.4, -0.2) is 31.9 Å². The maximum Gasteiger partial charge on any atom is 0.287 e. The number of benzene rings is 1. The van der Waals surface area contributed by atoms with Gasteiger partial charge in [0.05, 0.1) is 11.5 Å². The van der Waals surface area contributed by atoms with E-state index in [1.165, 1.54) is 0 Å². The Hall–Kier alpha value is -2.02. The number of furan rings is 1. The summed E-state index contributed by atoms with van der Waals surface area (Å²) in [6.07, 6.45) is 1.24. The van der Waals surface area contributed by atoms with Crippen molar-refractivity contribution in [2.45, 2.75) is 18.9 Å². The van der Waals surface area contributed by atoms with Crippen LogP contribution in [0.5, 0.6) is 0 Å². The molecule has 7 heteroatoms. The highest BCUT2D eigenvalue weighted by molar-refractivity contribution is 7.91. The van der Waals surface area contributed by atoms with E-state index in [2.05, 4.69) is 5.32 Å². The minimum absolute atomic E-state index is 0.00802. The van der Waals surface area contributed by atoms with Crippen LogP contribution in [0.4, 0.5) is 5.69 Å². The molecule has 1 saturated heterocycles. The standard InChI is InChI=1S/C14H16N2O4S/c15-10-3-4-12-9(6-10)7-13(20-12)14(17)16-11-2-1-5-21(18,19)8-11/h3-4,6-7,11H,1-2,5,8,15H2,(H,16,17). The average molecular weight is 308 g/mol. The van der Waals surface area contributed by atoms with Crippen molar-refractivity contribution < 1.29 is 17.6 Å². The zero-order valence-corrected chi connectivity index (χ0v) is 12.2. The SMILES string of the molecule is Nc1ccc2oc(C(=O)NC3CCCS(=O)(=O)C3)cc2c1. The summed E-state index contributed by atoms with van der Waals surface area (Å²) in [4.78, 5) is 12.1. The molecule has 1 aromatic heterocycles. The van der Waals surface area contributed by atoms with E-state index in [4.69, 9.17) is 10.2 Å². The van der Waals surface area contributed by atoms with Gasteiger partial charge in [-0.05, 0) is 37.1 Å². The quantitative estimate of drug-likeness (QED) is 0.815. The fourth-order valence-corrected chi connectivity index (χ4v) is 4.20. The van der Waals surface area contributed by atoms with E-state index in [0.29, 0.717) is 24.1 Å². The molecular weight excluding hydrogens is 292 g/mol. The lowest BCUT2D eigenvalue weighted by Crippen LogP contribution is -2.43. The second-order valence-corrected chi connectivity index (χ2v) is 7.56. The van der Waals surface area contributed by atoms with Crippen LogP contribution in [0, 0.1) is 0 Å². The molecule has 112 valence electrons. The molecule has 1 aliphatic rings. The normalized spacial score (nSPS) is 21.2. The van der Waals surface area contributed by atoms with E-state index in [9.17, 15) is 13.2 Å². The van der Waals surface area contributed by atoms with Gasteiger partial charge < -0.3 is 15.5 Å². The third kappa shape index (κ3) is 3.02. The first-order chi connectivity index (χ1) is 9.93.